The molecule has 0 aliphatic carbocycles. The standard InChI is InChI=1S/C29H23N3O6/c1-17(33)38-22-10-5-19(6-11-22)26-25(27(34)20-7-12-24-23(15-20)31(2)13-14-37-24)28(35)29(36)32(26)21-8-3-18(16-30)4-9-21/h3-12,15,26,34H,13-14H2,1-2H3/b27-25-. The van der Waals surface area contributed by atoms with Crippen LogP contribution in [0.1, 0.15) is 29.7 Å². The normalized spacial score (nSPS) is 18.0. The van der Waals surface area contributed by atoms with Gasteiger partial charge in [0.25, 0.3) is 11.7 Å². The van der Waals surface area contributed by atoms with Crippen molar-refractivity contribution in [1.29, 1.82) is 5.26 Å². The Morgan fingerprint density at radius 1 is 1.08 bits per heavy atom. The monoisotopic (exact) mass is 509 g/mol. The Labute approximate surface area is 218 Å². The fraction of sp³-hybridized carbons (Fsp3) is 0.172. The molecule has 3 aromatic rings. The van der Waals surface area contributed by atoms with E-state index in [2.05, 4.69) is 0 Å². The summed E-state index contributed by atoms with van der Waals surface area (Å²) in [5, 5.41) is 20.6. The van der Waals surface area contributed by atoms with E-state index in [1.807, 2.05) is 18.0 Å². The van der Waals surface area contributed by atoms with Crippen LogP contribution in [-0.4, -0.2) is 43.0 Å². The fourth-order valence-electron chi connectivity index (χ4n) is 4.65. The zero-order valence-corrected chi connectivity index (χ0v) is 20.7. The first kappa shape index (κ1) is 24.6. The highest BCUT2D eigenvalue weighted by Crippen LogP contribution is 2.43. The molecule has 38 heavy (non-hydrogen) atoms. The summed E-state index contributed by atoms with van der Waals surface area (Å²) >= 11 is 0. The first-order valence-electron chi connectivity index (χ1n) is 11.9. The van der Waals surface area contributed by atoms with Crippen LogP contribution in [0.4, 0.5) is 11.4 Å². The minimum atomic E-state index is -0.973. The van der Waals surface area contributed by atoms with Crippen LogP contribution in [0, 0.1) is 11.3 Å². The summed E-state index contributed by atoms with van der Waals surface area (Å²) in [6.45, 7) is 2.48. The number of hydrogen-bond acceptors (Lipinski definition) is 8. The number of hydrogen-bond donors (Lipinski definition) is 1. The lowest BCUT2D eigenvalue weighted by atomic mass is 9.94. The number of esters is 1. The fourth-order valence-corrected chi connectivity index (χ4v) is 4.65. The Kier molecular flexibility index (Phi) is 6.31. The van der Waals surface area contributed by atoms with Crippen molar-refractivity contribution >= 4 is 34.8 Å². The van der Waals surface area contributed by atoms with Crippen molar-refractivity contribution in [2.45, 2.75) is 13.0 Å². The van der Waals surface area contributed by atoms with Crippen molar-refractivity contribution in [3.63, 3.8) is 0 Å². The largest absolute Gasteiger partial charge is 0.507 e. The number of ether oxygens (including phenoxy) is 2. The van der Waals surface area contributed by atoms with E-state index in [4.69, 9.17) is 9.47 Å². The number of aliphatic hydroxyl groups excluding tert-OH is 1. The number of amides is 1. The number of likely N-dealkylation sites (N-methyl/N-ethyl adjacent to an activating group) is 1. The van der Waals surface area contributed by atoms with E-state index in [1.54, 1.807) is 66.7 Å². The molecule has 0 spiro atoms. The second kappa shape index (κ2) is 9.75. The molecule has 9 heteroatoms. The maximum Gasteiger partial charge on any atom is 0.308 e. The number of ketones is 1. The zero-order valence-electron chi connectivity index (χ0n) is 20.7. The van der Waals surface area contributed by atoms with Gasteiger partial charge in [-0.25, -0.2) is 0 Å². The number of anilines is 2. The van der Waals surface area contributed by atoms with E-state index in [1.165, 1.54) is 11.8 Å². The van der Waals surface area contributed by atoms with Gasteiger partial charge in [-0.15, -0.1) is 0 Å². The summed E-state index contributed by atoms with van der Waals surface area (Å²) in [6, 6.07) is 18.8. The number of rotatable bonds is 4. The van der Waals surface area contributed by atoms with Crippen molar-refractivity contribution in [3.8, 4) is 17.6 Å². The van der Waals surface area contributed by atoms with Crippen LogP contribution < -0.4 is 19.3 Å². The Bertz CT molecular complexity index is 1520. The molecule has 0 saturated carbocycles. The Hall–Kier alpha value is -5.10. The SMILES string of the molecule is CC(=O)Oc1ccc(C2/C(=C(/O)c3ccc4c(c3)N(C)CCO4)C(=O)C(=O)N2c2ccc(C#N)cc2)cc1. The van der Waals surface area contributed by atoms with Crippen LogP contribution in [-0.2, 0) is 14.4 Å². The average molecular weight is 510 g/mol. The third-order valence-corrected chi connectivity index (χ3v) is 6.50. The Balaban J connectivity index is 1.66. The van der Waals surface area contributed by atoms with Gasteiger partial charge in [0.1, 0.15) is 23.9 Å². The topological polar surface area (TPSA) is 120 Å². The van der Waals surface area contributed by atoms with Crippen molar-refractivity contribution in [2.24, 2.45) is 0 Å². The summed E-state index contributed by atoms with van der Waals surface area (Å²) < 4.78 is 10.8. The molecular weight excluding hydrogens is 486 g/mol. The molecule has 0 radical (unpaired) electrons. The minimum Gasteiger partial charge on any atom is -0.507 e. The molecule has 5 rings (SSSR count). The molecule has 9 nitrogen and oxygen atoms in total. The van der Waals surface area contributed by atoms with E-state index >= 15 is 0 Å². The lowest BCUT2D eigenvalue weighted by Crippen LogP contribution is -2.29. The molecule has 1 saturated heterocycles. The Morgan fingerprint density at radius 2 is 1.79 bits per heavy atom. The molecule has 2 aliphatic rings. The second-order valence-electron chi connectivity index (χ2n) is 8.94. The number of nitriles is 1. The van der Waals surface area contributed by atoms with Crippen LogP contribution in [0.5, 0.6) is 11.5 Å². The van der Waals surface area contributed by atoms with Gasteiger partial charge < -0.3 is 19.5 Å². The molecule has 1 N–H and O–H groups in total. The summed E-state index contributed by atoms with van der Waals surface area (Å²) in [7, 11) is 1.90. The molecular formula is C29H23N3O6. The lowest BCUT2D eigenvalue weighted by molar-refractivity contribution is -0.132. The van der Waals surface area contributed by atoms with Crippen molar-refractivity contribution in [1.82, 2.24) is 0 Å². The highest BCUT2D eigenvalue weighted by Gasteiger charge is 2.47. The van der Waals surface area contributed by atoms with Gasteiger partial charge in [0.05, 0.1) is 35.5 Å². The molecule has 190 valence electrons. The third kappa shape index (κ3) is 4.33. The summed E-state index contributed by atoms with van der Waals surface area (Å²) in [5.74, 6) is -1.51. The number of benzene rings is 3. The minimum absolute atomic E-state index is 0.0843. The van der Waals surface area contributed by atoms with Gasteiger partial charge in [-0.1, -0.05) is 12.1 Å². The van der Waals surface area contributed by atoms with Crippen molar-refractivity contribution < 1.29 is 29.0 Å². The molecule has 0 aromatic heterocycles. The molecule has 1 atom stereocenters. The van der Waals surface area contributed by atoms with Crippen LogP contribution in [0.2, 0.25) is 0 Å². The zero-order chi connectivity index (χ0) is 27.0. The Morgan fingerprint density at radius 3 is 2.45 bits per heavy atom. The van der Waals surface area contributed by atoms with Crippen LogP contribution in [0.25, 0.3) is 5.76 Å². The molecule has 3 aromatic carbocycles. The molecule has 0 bridgehead atoms. The highest BCUT2D eigenvalue weighted by molar-refractivity contribution is 6.51. The van der Waals surface area contributed by atoms with Gasteiger partial charge >= 0.3 is 5.97 Å². The molecule has 2 heterocycles. The lowest BCUT2D eigenvalue weighted by Gasteiger charge is -2.28. The maximum absolute atomic E-state index is 13.4. The van der Waals surface area contributed by atoms with Crippen molar-refractivity contribution in [2.75, 3.05) is 30.0 Å². The summed E-state index contributed by atoms with van der Waals surface area (Å²) in [5.41, 5.74) is 2.33. The van der Waals surface area contributed by atoms with E-state index in [0.717, 1.165) is 5.69 Å². The van der Waals surface area contributed by atoms with E-state index in [9.17, 15) is 24.8 Å². The molecule has 2 aliphatic heterocycles. The summed E-state index contributed by atoms with van der Waals surface area (Å²) in [4.78, 5) is 41.4. The van der Waals surface area contributed by atoms with Gasteiger partial charge in [-0.2, -0.15) is 5.26 Å². The first-order valence-corrected chi connectivity index (χ1v) is 11.9. The molecule has 1 unspecified atom stereocenters. The van der Waals surface area contributed by atoms with E-state index in [-0.39, 0.29) is 11.3 Å². The number of aliphatic hydroxyl groups is 1. The first-order chi connectivity index (χ1) is 18.3. The van der Waals surface area contributed by atoms with Gasteiger partial charge in [0.15, 0.2) is 0 Å². The van der Waals surface area contributed by atoms with Crippen LogP contribution in [0.15, 0.2) is 72.3 Å². The highest BCUT2D eigenvalue weighted by atomic mass is 16.5. The van der Waals surface area contributed by atoms with E-state index < -0.39 is 23.7 Å². The van der Waals surface area contributed by atoms with Crippen LogP contribution >= 0.6 is 0 Å². The predicted octanol–water partition coefficient (Wildman–Crippen LogP) is 3.94. The molecule has 1 fully saturated rings. The maximum atomic E-state index is 13.4. The molecule has 1 amide bonds. The number of Topliss-reactive ketones (excluding diaryl/α,β-unsaturated/α-hetero) is 1. The number of nitrogens with zero attached hydrogens (tertiary/aromatic N) is 3. The van der Waals surface area contributed by atoms with Gasteiger partial charge in [-0.3, -0.25) is 19.3 Å². The predicted molar refractivity (Wildman–Crippen MR) is 139 cm³/mol. The second-order valence-corrected chi connectivity index (χ2v) is 8.94. The van der Waals surface area contributed by atoms with Crippen LogP contribution in [0.3, 0.4) is 0 Å². The smallest absolute Gasteiger partial charge is 0.308 e. The quantitative estimate of drug-likeness (QED) is 0.185. The number of fused-ring (bicyclic) bond motifs is 1. The number of carbonyl (C=O) groups is 3. The van der Waals surface area contributed by atoms with Gasteiger partial charge in [0, 0.05) is 25.2 Å². The average Bonchev–Trinajstić information content (AvgIpc) is 3.18. The van der Waals surface area contributed by atoms with Crippen molar-refractivity contribution in [3.05, 3.63) is 89.0 Å². The third-order valence-electron chi connectivity index (χ3n) is 6.50. The van der Waals surface area contributed by atoms with E-state index in [0.29, 0.717) is 47.0 Å². The van der Waals surface area contributed by atoms with Gasteiger partial charge in [-0.05, 0) is 60.2 Å². The number of carbonyl (C=O) groups excluding carboxylic acids is 3. The van der Waals surface area contributed by atoms with Gasteiger partial charge in [0.2, 0.25) is 0 Å². The summed E-state index contributed by atoms with van der Waals surface area (Å²) in [6.07, 6.45) is 0.